The van der Waals surface area contributed by atoms with Crippen LogP contribution in [-0.2, 0) is 6.54 Å². The molecule has 0 unspecified atom stereocenters. The Balaban J connectivity index is 0.00000176. The topological polar surface area (TPSA) is 23.5 Å². The van der Waals surface area contributed by atoms with Gasteiger partial charge in [-0.25, -0.2) is 0 Å². The normalized spacial score (nSPS) is 15.6. The van der Waals surface area contributed by atoms with Gasteiger partial charge in [0.25, 0.3) is 0 Å². The van der Waals surface area contributed by atoms with E-state index in [9.17, 15) is 5.11 Å². The van der Waals surface area contributed by atoms with Crippen molar-refractivity contribution in [3.63, 3.8) is 0 Å². The van der Waals surface area contributed by atoms with Crippen molar-refractivity contribution in [1.29, 1.82) is 0 Å². The first kappa shape index (κ1) is 16.4. The Morgan fingerprint density at radius 2 is 1.73 bits per heavy atom. The van der Waals surface area contributed by atoms with Gasteiger partial charge in [-0.15, -0.1) is 12.4 Å². The predicted octanol–water partition coefficient (Wildman–Crippen LogP) is 5.02. The molecule has 116 valence electrons. The van der Waals surface area contributed by atoms with Gasteiger partial charge in [0, 0.05) is 17.8 Å². The highest BCUT2D eigenvalue weighted by Crippen LogP contribution is 2.41. The number of benzene rings is 2. The Hall–Kier alpha value is -1.93. The lowest BCUT2D eigenvalue weighted by molar-refractivity contribution is 0.474. The van der Waals surface area contributed by atoms with E-state index in [4.69, 9.17) is 0 Å². The largest absolute Gasteiger partial charge is 0.508 e. The minimum absolute atomic E-state index is 0. The average Bonchev–Trinajstić information content (AvgIpc) is 2.44. The van der Waals surface area contributed by atoms with Crippen LogP contribution >= 0.6 is 12.4 Å². The van der Waals surface area contributed by atoms with Crippen molar-refractivity contribution in [3.8, 4) is 5.75 Å². The summed E-state index contributed by atoms with van der Waals surface area (Å²) in [4.78, 5) is 2.39. The third kappa shape index (κ3) is 2.97. The van der Waals surface area contributed by atoms with Crippen molar-refractivity contribution in [2.75, 3.05) is 4.90 Å². The van der Waals surface area contributed by atoms with Gasteiger partial charge in [0.15, 0.2) is 0 Å². The van der Waals surface area contributed by atoms with Gasteiger partial charge in [0.1, 0.15) is 5.75 Å². The minimum atomic E-state index is -0.0517. The number of allylic oxidation sites excluding steroid dienone is 1. The first-order valence-corrected chi connectivity index (χ1v) is 7.32. The number of halogens is 1. The van der Waals surface area contributed by atoms with Crippen molar-refractivity contribution in [2.24, 2.45) is 0 Å². The van der Waals surface area contributed by atoms with E-state index in [2.05, 4.69) is 56.0 Å². The van der Waals surface area contributed by atoms with Gasteiger partial charge in [-0.3, -0.25) is 0 Å². The van der Waals surface area contributed by atoms with E-state index >= 15 is 0 Å². The van der Waals surface area contributed by atoms with Crippen LogP contribution in [0.15, 0.2) is 54.6 Å². The van der Waals surface area contributed by atoms with Crippen molar-refractivity contribution in [3.05, 3.63) is 65.7 Å². The van der Waals surface area contributed by atoms with E-state index in [0.29, 0.717) is 5.75 Å². The first-order valence-electron chi connectivity index (χ1n) is 7.32. The molecule has 3 heteroatoms. The molecule has 1 N–H and O–H groups in total. The third-order valence-corrected chi connectivity index (χ3v) is 4.14. The molecule has 0 bridgehead atoms. The molecule has 0 spiro atoms. The third-order valence-electron chi connectivity index (χ3n) is 4.14. The van der Waals surface area contributed by atoms with Crippen LogP contribution in [0.1, 0.15) is 31.9 Å². The second kappa shape index (κ2) is 6.05. The fourth-order valence-corrected chi connectivity index (χ4v) is 3.13. The van der Waals surface area contributed by atoms with Crippen LogP contribution in [0.3, 0.4) is 0 Å². The standard InChI is InChI=1S/C19H21NO.ClH/c1-14-12-19(2,3)20(13-15-7-5-4-6-8-15)18-10-9-16(21)11-17(14)18;/h4-12,21H,13H2,1-3H3;1H. The van der Waals surface area contributed by atoms with Gasteiger partial charge < -0.3 is 10.0 Å². The van der Waals surface area contributed by atoms with Crippen LogP contribution in [-0.4, -0.2) is 10.6 Å². The summed E-state index contributed by atoms with van der Waals surface area (Å²) in [5.74, 6) is 0.320. The Morgan fingerprint density at radius 3 is 2.41 bits per heavy atom. The Kier molecular flexibility index (Phi) is 4.52. The van der Waals surface area contributed by atoms with E-state index in [-0.39, 0.29) is 17.9 Å². The lowest BCUT2D eigenvalue weighted by Crippen LogP contribution is -2.44. The quantitative estimate of drug-likeness (QED) is 0.841. The summed E-state index contributed by atoms with van der Waals surface area (Å²) in [5.41, 5.74) is 4.75. The van der Waals surface area contributed by atoms with Crippen molar-refractivity contribution >= 4 is 23.7 Å². The SMILES string of the molecule is CC1=CC(C)(C)N(Cc2ccccc2)c2ccc(O)cc21.Cl. The summed E-state index contributed by atoms with van der Waals surface area (Å²) >= 11 is 0. The van der Waals surface area contributed by atoms with E-state index in [0.717, 1.165) is 12.1 Å². The molecule has 1 heterocycles. The Morgan fingerprint density at radius 1 is 1.05 bits per heavy atom. The van der Waals surface area contributed by atoms with E-state index < -0.39 is 0 Å². The van der Waals surface area contributed by atoms with Crippen LogP contribution < -0.4 is 4.90 Å². The number of aromatic hydroxyl groups is 1. The molecule has 0 saturated heterocycles. The van der Waals surface area contributed by atoms with Gasteiger partial charge in [-0.05, 0) is 50.1 Å². The van der Waals surface area contributed by atoms with E-state index in [1.165, 1.54) is 16.8 Å². The molecule has 2 aromatic carbocycles. The lowest BCUT2D eigenvalue weighted by Gasteiger charge is -2.43. The highest BCUT2D eigenvalue weighted by Gasteiger charge is 2.31. The van der Waals surface area contributed by atoms with Crippen LogP contribution in [0.5, 0.6) is 5.75 Å². The van der Waals surface area contributed by atoms with Crippen LogP contribution in [0.4, 0.5) is 5.69 Å². The number of phenols is 1. The maximum Gasteiger partial charge on any atom is 0.116 e. The summed E-state index contributed by atoms with van der Waals surface area (Å²) in [6.45, 7) is 7.43. The lowest BCUT2D eigenvalue weighted by atomic mass is 9.88. The molecule has 22 heavy (non-hydrogen) atoms. The molecule has 2 aromatic rings. The highest BCUT2D eigenvalue weighted by molar-refractivity contribution is 5.85. The second-order valence-corrected chi connectivity index (χ2v) is 6.25. The van der Waals surface area contributed by atoms with Gasteiger partial charge >= 0.3 is 0 Å². The molecule has 2 nitrogen and oxygen atoms in total. The number of hydrogen-bond donors (Lipinski definition) is 1. The molecule has 0 aliphatic carbocycles. The van der Waals surface area contributed by atoms with Gasteiger partial charge in [-0.2, -0.15) is 0 Å². The second-order valence-electron chi connectivity index (χ2n) is 6.25. The maximum atomic E-state index is 9.77. The number of anilines is 1. The number of fused-ring (bicyclic) bond motifs is 1. The fraction of sp³-hybridized carbons (Fsp3) is 0.263. The Labute approximate surface area is 138 Å². The van der Waals surface area contributed by atoms with E-state index in [1.54, 1.807) is 6.07 Å². The molecular weight excluding hydrogens is 294 g/mol. The zero-order valence-corrected chi connectivity index (χ0v) is 14.0. The predicted molar refractivity (Wildman–Crippen MR) is 95.7 cm³/mol. The molecule has 3 rings (SSSR count). The van der Waals surface area contributed by atoms with Gasteiger partial charge in [-0.1, -0.05) is 36.4 Å². The fourth-order valence-electron chi connectivity index (χ4n) is 3.13. The van der Waals surface area contributed by atoms with Crippen LogP contribution in [0, 0.1) is 0 Å². The molecule has 0 radical (unpaired) electrons. The zero-order chi connectivity index (χ0) is 15.0. The molecule has 1 aliphatic rings. The summed E-state index contributed by atoms with van der Waals surface area (Å²) in [6.07, 6.45) is 2.28. The molecule has 0 atom stereocenters. The van der Waals surface area contributed by atoms with Gasteiger partial charge in [0.05, 0.1) is 5.54 Å². The summed E-state index contributed by atoms with van der Waals surface area (Å²) < 4.78 is 0. The van der Waals surface area contributed by atoms with E-state index in [1.807, 2.05) is 18.2 Å². The molecule has 0 saturated carbocycles. The maximum absolute atomic E-state index is 9.77. The van der Waals surface area contributed by atoms with Crippen LogP contribution in [0.2, 0.25) is 0 Å². The molecule has 0 fully saturated rings. The van der Waals surface area contributed by atoms with Crippen LogP contribution in [0.25, 0.3) is 5.57 Å². The first-order chi connectivity index (χ1) is 9.97. The molecule has 1 aliphatic heterocycles. The van der Waals surface area contributed by atoms with Crippen molar-refractivity contribution in [2.45, 2.75) is 32.9 Å². The van der Waals surface area contributed by atoms with Crippen molar-refractivity contribution < 1.29 is 5.11 Å². The molecular formula is C19H22ClNO. The number of hydrogen-bond acceptors (Lipinski definition) is 2. The number of nitrogens with zero attached hydrogens (tertiary/aromatic N) is 1. The highest BCUT2D eigenvalue weighted by atomic mass is 35.5. The molecule has 0 aromatic heterocycles. The number of phenolic OH excluding ortho intramolecular Hbond substituents is 1. The smallest absolute Gasteiger partial charge is 0.116 e. The summed E-state index contributed by atoms with van der Waals surface area (Å²) in [5, 5.41) is 9.77. The monoisotopic (exact) mass is 315 g/mol. The zero-order valence-electron chi connectivity index (χ0n) is 13.2. The average molecular weight is 316 g/mol. The van der Waals surface area contributed by atoms with Gasteiger partial charge in [0.2, 0.25) is 0 Å². The number of rotatable bonds is 2. The van der Waals surface area contributed by atoms with Crippen molar-refractivity contribution in [1.82, 2.24) is 0 Å². The minimum Gasteiger partial charge on any atom is -0.508 e. The summed E-state index contributed by atoms with van der Waals surface area (Å²) in [7, 11) is 0. The Bertz CT molecular complexity index is 692. The molecule has 0 amide bonds. The summed E-state index contributed by atoms with van der Waals surface area (Å²) in [6, 6.07) is 16.1.